The van der Waals surface area contributed by atoms with Crippen LogP contribution in [0.2, 0.25) is 0 Å². The van der Waals surface area contributed by atoms with E-state index in [1.807, 2.05) is 49.1 Å². The van der Waals surface area contributed by atoms with Gasteiger partial charge in [0, 0.05) is 43.5 Å². The Morgan fingerprint density at radius 3 is 2.42 bits per heavy atom. The van der Waals surface area contributed by atoms with Crippen LogP contribution < -0.4 is 0 Å². The van der Waals surface area contributed by atoms with Crippen LogP contribution in [-0.4, -0.2) is 40.0 Å². The summed E-state index contributed by atoms with van der Waals surface area (Å²) in [5.74, 6) is -1.97. The molecule has 1 aromatic heterocycles. The van der Waals surface area contributed by atoms with E-state index < -0.39 is 5.92 Å². The molecule has 0 unspecified atom stereocenters. The zero-order valence-electron chi connectivity index (χ0n) is 20.4. The quantitative estimate of drug-likeness (QED) is 0.437. The lowest BCUT2D eigenvalue weighted by Gasteiger charge is -2.36. The van der Waals surface area contributed by atoms with Gasteiger partial charge in [-0.15, -0.1) is 10.2 Å². The van der Waals surface area contributed by atoms with Crippen LogP contribution in [0.1, 0.15) is 82.9 Å². The third-order valence-corrected chi connectivity index (χ3v) is 7.45. The van der Waals surface area contributed by atoms with Gasteiger partial charge in [-0.1, -0.05) is 25.1 Å². The van der Waals surface area contributed by atoms with Crippen molar-refractivity contribution in [1.29, 1.82) is 5.26 Å². The van der Waals surface area contributed by atoms with Crippen molar-refractivity contribution < 1.29 is 18.0 Å². The predicted molar refractivity (Wildman–Crippen MR) is 130 cm³/mol. The minimum atomic E-state index is -2.66. The maximum absolute atomic E-state index is 13.7. The molecule has 186 valence electrons. The van der Waals surface area contributed by atoms with Crippen molar-refractivity contribution in [2.45, 2.75) is 63.7 Å². The second-order valence-electron chi connectivity index (χ2n) is 9.87. The molecule has 5 rings (SSSR count). The van der Waals surface area contributed by atoms with Gasteiger partial charge in [0.15, 0.2) is 0 Å². The maximum Gasteiger partial charge on any atom is 0.254 e. The number of rotatable bonds is 5. The molecular weight excluding hydrogens is 462 g/mol. The summed E-state index contributed by atoms with van der Waals surface area (Å²) in [5, 5.41) is 17.2. The van der Waals surface area contributed by atoms with Gasteiger partial charge in [-0.3, -0.25) is 4.79 Å². The van der Waals surface area contributed by atoms with Crippen LogP contribution in [0.5, 0.6) is 0 Å². The Bertz CT molecular complexity index is 1310. The van der Waals surface area contributed by atoms with Crippen molar-refractivity contribution in [3.63, 3.8) is 0 Å². The largest absolute Gasteiger partial charge is 0.421 e. The number of hydrogen-bond donors (Lipinski definition) is 0. The minimum absolute atomic E-state index is 0.0762. The topological polar surface area (TPSA) is 83.0 Å². The zero-order chi connectivity index (χ0) is 25.4. The molecule has 36 heavy (non-hydrogen) atoms. The van der Waals surface area contributed by atoms with Crippen LogP contribution in [0.4, 0.5) is 8.78 Å². The number of hydrogen-bond acceptors (Lipinski definition) is 5. The Balaban J connectivity index is 1.38. The second kappa shape index (κ2) is 9.45. The van der Waals surface area contributed by atoms with Gasteiger partial charge in [0.25, 0.3) is 5.91 Å². The number of aryl methyl sites for hydroxylation is 2. The van der Waals surface area contributed by atoms with Gasteiger partial charge in [-0.2, -0.15) is 5.26 Å². The number of likely N-dealkylation sites (tertiary alicyclic amines) is 1. The highest BCUT2D eigenvalue weighted by molar-refractivity contribution is 5.97. The van der Waals surface area contributed by atoms with Crippen LogP contribution in [0, 0.1) is 18.3 Å². The van der Waals surface area contributed by atoms with E-state index in [4.69, 9.17) is 9.68 Å². The molecule has 3 aromatic rings. The maximum atomic E-state index is 13.7. The molecule has 0 N–H and O–H groups in total. The number of carbonyl (C=O) groups is 1. The highest BCUT2D eigenvalue weighted by atomic mass is 19.3. The van der Waals surface area contributed by atoms with Crippen LogP contribution in [0.3, 0.4) is 0 Å². The summed E-state index contributed by atoms with van der Waals surface area (Å²) in [5.41, 5.74) is 4.43. The van der Waals surface area contributed by atoms with Crippen LogP contribution >= 0.6 is 0 Å². The van der Waals surface area contributed by atoms with Gasteiger partial charge in [0.2, 0.25) is 17.7 Å². The van der Waals surface area contributed by atoms with Crippen LogP contribution in [0.15, 0.2) is 40.8 Å². The van der Waals surface area contributed by atoms with Crippen molar-refractivity contribution in [2.24, 2.45) is 0 Å². The van der Waals surface area contributed by atoms with Gasteiger partial charge >= 0.3 is 0 Å². The number of halogens is 2. The first-order valence-electron chi connectivity index (χ1n) is 12.4. The summed E-state index contributed by atoms with van der Waals surface area (Å²) < 4.78 is 33.1. The monoisotopic (exact) mass is 490 g/mol. The van der Waals surface area contributed by atoms with E-state index in [2.05, 4.69) is 16.3 Å². The summed E-state index contributed by atoms with van der Waals surface area (Å²) in [7, 11) is 0. The molecule has 0 atom stereocenters. The van der Waals surface area contributed by atoms with Crippen molar-refractivity contribution >= 4 is 5.91 Å². The summed E-state index contributed by atoms with van der Waals surface area (Å²) in [4.78, 5) is 15.4. The molecule has 2 aliphatic rings. The number of alkyl halides is 2. The minimum Gasteiger partial charge on any atom is -0.421 e. The third kappa shape index (κ3) is 4.62. The molecule has 1 saturated carbocycles. The highest BCUT2D eigenvalue weighted by Gasteiger charge is 2.47. The Morgan fingerprint density at radius 2 is 1.83 bits per heavy atom. The highest BCUT2D eigenvalue weighted by Crippen LogP contribution is 2.50. The smallest absolute Gasteiger partial charge is 0.254 e. The molecule has 1 amide bonds. The van der Waals surface area contributed by atoms with Gasteiger partial charge < -0.3 is 9.32 Å². The molecule has 0 spiro atoms. The van der Waals surface area contributed by atoms with Gasteiger partial charge in [-0.25, -0.2) is 8.78 Å². The van der Waals surface area contributed by atoms with E-state index in [9.17, 15) is 13.6 Å². The molecule has 0 bridgehead atoms. The predicted octanol–water partition coefficient (Wildman–Crippen LogP) is 6.01. The molecule has 1 aliphatic carbocycles. The molecule has 2 heterocycles. The van der Waals surface area contributed by atoms with Crippen molar-refractivity contribution in [3.05, 3.63) is 70.1 Å². The van der Waals surface area contributed by atoms with Crippen molar-refractivity contribution in [3.8, 4) is 17.5 Å². The lowest BCUT2D eigenvalue weighted by Crippen LogP contribution is -2.38. The summed E-state index contributed by atoms with van der Waals surface area (Å²) in [6, 6.07) is 13.4. The molecule has 1 aliphatic heterocycles. The van der Waals surface area contributed by atoms with Crippen LogP contribution in [0.25, 0.3) is 11.5 Å². The molecule has 2 aromatic carbocycles. The Labute approximate surface area is 208 Å². The number of nitrogens with zero attached hydrogens (tertiary/aromatic N) is 4. The number of benzene rings is 2. The Kier molecular flexibility index (Phi) is 6.33. The first kappa shape index (κ1) is 24.1. The van der Waals surface area contributed by atoms with E-state index in [1.54, 1.807) is 6.07 Å². The van der Waals surface area contributed by atoms with E-state index in [0.717, 1.165) is 24.0 Å². The van der Waals surface area contributed by atoms with E-state index in [1.165, 1.54) is 5.56 Å². The SMILES string of the molecule is CCc1nnc(-c2cc(C(=O)N3CCC(c4ccc(C#N)cc4)CC3)c(C)cc2C2CC(F)(F)C2)o1. The van der Waals surface area contributed by atoms with E-state index >= 15 is 0 Å². The fraction of sp³-hybridized carbons (Fsp3) is 0.429. The molecule has 2 fully saturated rings. The summed E-state index contributed by atoms with van der Waals surface area (Å²) in [6.45, 7) is 4.99. The molecule has 0 radical (unpaired) electrons. The van der Waals surface area contributed by atoms with Crippen molar-refractivity contribution in [2.75, 3.05) is 13.1 Å². The Hall–Kier alpha value is -3.60. The van der Waals surface area contributed by atoms with Crippen molar-refractivity contribution in [1.82, 2.24) is 15.1 Å². The summed E-state index contributed by atoms with van der Waals surface area (Å²) >= 11 is 0. The van der Waals surface area contributed by atoms with Gasteiger partial charge in [0.1, 0.15) is 0 Å². The molecule has 1 saturated heterocycles. The zero-order valence-corrected chi connectivity index (χ0v) is 20.4. The second-order valence-corrected chi connectivity index (χ2v) is 9.87. The number of aromatic nitrogens is 2. The lowest BCUT2D eigenvalue weighted by atomic mass is 9.74. The van der Waals surface area contributed by atoms with Crippen LogP contribution in [-0.2, 0) is 6.42 Å². The normalized spacial score (nSPS) is 18.0. The standard InChI is InChI=1S/C28H28F2N4O2/c1-3-25-32-33-26(36-25)24-13-22(17(2)12-23(24)21-14-28(29,30)15-21)27(35)34-10-8-20(9-11-34)19-6-4-18(16-31)5-7-19/h4-7,12-13,20-21H,3,8-11,14-15H2,1-2H3. The fourth-order valence-electron chi connectivity index (χ4n) is 5.29. The first-order chi connectivity index (χ1) is 17.3. The molecular formula is C28H28F2N4O2. The number of piperidine rings is 1. The van der Waals surface area contributed by atoms with E-state index in [0.29, 0.717) is 48.0 Å². The first-order valence-corrected chi connectivity index (χ1v) is 12.4. The summed E-state index contributed by atoms with van der Waals surface area (Å²) in [6.07, 6.45) is 1.80. The average molecular weight is 491 g/mol. The molecule has 6 nitrogen and oxygen atoms in total. The molecule has 8 heteroatoms. The third-order valence-electron chi connectivity index (χ3n) is 7.45. The number of amides is 1. The van der Waals surface area contributed by atoms with E-state index in [-0.39, 0.29) is 30.6 Å². The number of carbonyl (C=O) groups excluding carboxylic acids is 1. The van der Waals surface area contributed by atoms with Gasteiger partial charge in [0.05, 0.1) is 11.6 Å². The average Bonchev–Trinajstić information content (AvgIpc) is 3.36. The Morgan fingerprint density at radius 1 is 1.14 bits per heavy atom. The fourth-order valence-corrected chi connectivity index (χ4v) is 5.29. The lowest BCUT2D eigenvalue weighted by molar-refractivity contribution is -0.0866. The number of nitriles is 1. The van der Waals surface area contributed by atoms with Gasteiger partial charge in [-0.05, 0) is 66.5 Å².